The normalized spacial score (nSPS) is 11.1. The number of hydrogen-bond acceptors (Lipinski definition) is 2. The minimum Gasteiger partial charge on any atom is -0.353 e. The number of hydrogen-bond donors (Lipinski definition) is 2. The highest BCUT2D eigenvalue weighted by Gasteiger charge is 2.16. The second kappa shape index (κ2) is 9.69. The van der Waals surface area contributed by atoms with Crippen LogP contribution in [0.4, 0.5) is 5.69 Å². The highest BCUT2D eigenvalue weighted by molar-refractivity contribution is 9.10. The van der Waals surface area contributed by atoms with Gasteiger partial charge in [0.15, 0.2) is 0 Å². The van der Waals surface area contributed by atoms with Crippen molar-refractivity contribution in [2.75, 3.05) is 5.32 Å². The van der Waals surface area contributed by atoms with E-state index in [1.165, 1.54) is 0 Å². The van der Waals surface area contributed by atoms with Gasteiger partial charge >= 0.3 is 0 Å². The van der Waals surface area contributed by atoms with E-state index in [4.69, 9.17) is 0 Å². The zero-order chi connectivity index (χ0) is 23.5. The van der Waals surface area contributed by atoms with E-state index in [0.717, 1.165) is 55.8 Å². The molecule has 0 radical (unpaired) electrons. The third-order valence-corrected chi connectivity index (χ3v) is 6.70. The lowest BCUT2D eigenvalue weighted by Gasteiger charge is -2.10. The number of anilines is 1. The number of fused-ring (bicyclic) bond motifs is 1. The molecule has 5 rings (SSSR count). The number of amides is 1. The summed E-state index contributed by atoms with van der Waals surface area (Å²) in [5, 5.41) is 4.21. The quantitative estimate of drug-likeness (QED) is 0.254. The number of aryl methyl sites for hydroxylation is 2. The number of carbonyl (C=O) groups excluding carboxylic acids is 1. The molecule has 0 aliphatic carbocycles. The maximum absolute atomic E-state index is 12.9. The Bertz CT molecular complexity index is 1450. The molecule has 0 fully saturated rings. The summed E-state index contributed by atoms with van der Waals surface area (Å²) < 4.78 is 3.10. The third-order valence-electron chi connectivity index (χ3n) is 6.04. The van der Waals surface area contributed by atoms with Gasteiger partial charge in [-0.2, -0.15) is 0 Å². The lowest BCUT2D eigenvalue weighted by atomic mass is 10.0. The molecule has 34 heavy (non-hydrogen) atoms. The molecule has 2 heterocycles. The smallest absolute Gasteiger partial charge is 0.224 e. The molecule has 2 N–H and O–H groups in total. The molecule has 3 aromatic carbocycles. The number of para-hydroxylation sites is 1. The molecule has 5 nitrogen and oxygen atoms in total. The number of rotatable bonds is 7. The predicted octanol–water partition coefficient (Wildman–Crippen LogP) is 6.72. The van der Waals surface area contributed by atoms with E-state index in [0.29, 0.717) is 12.8 Å². The number of aromatic nitrogens is 3. The van der Waals surface area contributed by atoms with E-state index < -0.39 is 0 Å². The molecule has 0 bridgehead atoms. The van der Waals surface area contributed by atoms with Crippen molar-refractivity contribution in [2.24, 2.45) is 0 Å². The first-order chi connectivity index (χ1) is 16.6. The molecule has 0 atom stereocenters. The fourth-order valence-corrected chi connectivity index (χ4v) is 4.79. The number of H-pyrrole nitrogens is 1. The van der Waals surface area contributed by atoms with Crippen molar-refractivity contribution < 1.29 is 4.79 Å². The van der Waals surface area contributed by atoms with Crippen LogP contribution in [0.2, 0.25) is 0 Å². The van der Waals surface area contributed by atoms with Crippen molar-refractivity contribution in [3.05, 3.63) is 107 Å². The molecule has 5 aromatic rings. The maximum atomic E-state index is 12.9. The van der Waals surface area contributed by atoms with Crippen LogP contribution in [0.15, 0.2) is 89.7 Å². The minimum atomic E-state index is -0.000630. The second-order valence-corrected chi connectivity index (χ2v) is 9.21. The largest absolute Gasteiger partial charge is 0.353 e. The van der Waals surface area contributed by atoms with Gasteiger partial charge in [-0.1, -0.05) is 54.6 Å². The molecular weight excluding hydrogens is 488 g/mol. The Hall–Kier alpha value is -3.64. The van der Waals surface area contributed by atoms with Crippen LogP contribution < -0.4 is 5.32 Å². The van der Waals surface area contributed by atoms with Crippen molar-refractivity contribution in [3.8, 4) is 11.3 Å². The molecule has 170 valence electrons. The molecule has 0 saturated heterocycles. The van der Waals surface area contributed by atoms with Gasteiger partial charge in [-0.05, 0) is 64.2 Å². The van der Waals surface area contributed by atoms with Crippen molar-refractivity contribution in [1.29, 1.82) is 0 Å². The van der Waals surface area contributed by atoms with Gasteiger partial charge in [0.05, 0.1) is 5.52 Å². The molecule has 6 heteroatoms. The summed E-state index contributed by atoms with van der Waals surface area (Å²) in [5.41, 5.74) is 6.31. The fraction of sp³-hybridized carbons (Fsp3) is 0.143. The van der Waals surface area contributed by atoms with Crippen molar-refractivity contribution in [1.82, 2.24) is 14.5 Å². The zero-order valence-electron chi connectivity index (χ0n) is 18.9. The Morgan fingerprint density at radius 1 is 1.06 bits per heavy atom. The van der Waals surface area contributed by atoms with Crippen molar-refractivity contribution in [3.63, 3.8) is 0 Å². The third kappa shape index (κ3) is 4.68. The first kappa shape index (κ1) is 22.2. The number of nitrogens with zero attached hydrogens (tertiary/aromatic N) is 2. The first-order valence-corrected chi connectivity index (χ1v) is 12.1. The first-order valence-electron chi connectivity index (χ1n) is 11.3. The number of nitrogens with one attached hydrogen (secondary N) is 2. The average Bonchev–Trinajstić information content (AvgIpc) is 3.42. The lowest BCUT2D eigenvalue weighted by molar-refractivity contribution is -0.116. The standard InChI is InChI=1S/C28H25BrN4O/c1-19-30-15-16-33(19)18-20-7-5-10-22(17-20)31-26(34)14-13-24-23-11-6-12-25(29)28(23)32-27(24)21-8-3-2-4-9-21/h2-12,15-17,32H,13-14,18H2,1H3,(H,31,34). The average molecular weight is 513 g/mol. The number of carbonyl (C=O) groups is 1. The number of benzene rings is 3. The SMILES string of the molecule is Cc1nccn1Cc1cccc(NC(=O)CCc2c(-c3ccccc3)[nH]c3c(Br)cccc23)c1. The lowest BCUT2D eigenvalue weighted by Crippen LogP contribution is -2.13. The zero-order valence-corrected chi connectivity index (χ0v) is 20.5. The summed E-state index contributed by atoms with van der Waals surface area (Å²) in [6.45, 7) is 2.71. The molecule has 0 spiro atoms. The van der Waals surface area contributed by atoms with Crippen LogP contribution >= 0.6 is 15.9 Å². The molecular formula is C28H25BrN4O. The molecule has 2 aromatic heterocycles. The summed E-state index contributed by atoms with van der Waals surface area (Å²) in [7, 11) is 0. The summed E-state index contributed by atoms with van der Waals surface area (Å²) in [6.07, 6.45) is 4.79. The molecule has 0 saturated carbocycles. The Kier molecular flexibility index (Phi) is 6.32. The van der Waals surface area contributed by atoms with Crippen LogP contribution in [0.1, 0.15) is 23.4 Å². The van der Waals surface area contributed by atoms with Gasteiger partial charge in [0.2, 0.25) is 5.91 Å². The van der Waals surface area contributed by atoms with E-state index in [1.54, 1.807) is 6.20 Å². The summed E-state index contributed by atoms with van der Waals surface area (Å²) >= 11 is 3.66. The van der Waals surface area contributed by atoms with Gasteiger partial charge in [0, 0.05) is 46.6 Å². The van der Waals surface area contributed by atoms with Crippen LogP contribution in [0.5, 0.6) is 0 Å². The topological polar surface area (TPSA) is 62.7 Å². The fourth-order valence-electron chi connectivity index (χ4n) is 4.33. The highest BCUT2D eigenvalue weighted by Crippen LogP contribution is 2.34. The van der Waals surface area contributed by atoms with Gasteiger partial charge in [0.1, 0.15) is 5.82 Å². The van der Waals surface area contributed by atoms with Crippen molar-refractivity contribution in [2.45, 2.75) is 26.3 Å². The van der Waals surface area contributed by atoms with E-state index >= 15 is 0 Å². The predicted molar refractivity (Wildman–Crippen MR) is 141 cm³/mol. The monoisotopic (exact) mass is 512 g/mol. The van der Waals surface area contributed by atoms with E-state index in [2.05, 4.69) is 60.0 Å². The van der Waals surface area contributed by atoms with E-state index in [1.807, 2.05) is 61.7 Å². The van der Waals surface area contributed by atoms with E-state index in [9.17, 15) is 4.79 Å². The van der Waals surface area contributed by atoms with Gasteiger partial charge in [-0.15, -0.1) is 0 Å². The highest BCUT2D eigenvalue weighted by atomic mass is 79.9. The summed E-state index contributed by atoms with van der Waals surface area (Å²) in [4.78, 5) is 20.7. The van der Waals surface area contributed by atoms with Crippen LogP contribution in [-0.4, -0.2) is 20.4 Å². The molecule has 1 amide bonds. The Labute approximate surface area is 207 Å². The van der Waals surface area contributed by atoms with Gasteiger partial charge < -0.3 is 14.9 Å². The molecule has 0 aliphatic heterocycles. The molecule has 0 aliphatic rings. The van der Waals surface area contributed by atoms with Crippen LogP contribution in [-0.2, 0) is 17.8 Å². The Morgan fingerprint density at radius 3 is 2.68 bits per heavy atom. The Morgan fingerprint density at radius 2 is 1.88 bits per heavy atom. The van der Waals surface area contributed by atoms with Crippen molar-refractivity contribution >= 4 is 38.4 Å². The van der Waals surface area contributed by atoms with E-state index in [-0.39, 0.29) is 5.91 Å². The molecule has 0 unspecified atom stereocenters. The van der Waals surface area contributed by atoms with Crippen LogP contribution in [0, 0.1) is 6.92 Å². The van der Waals surface area contributed by atoms with Gasteiger partial charge in [-0.25, -0.2) is 4.98 Å². The number of aromatic amines is 1. The summed E-state index contributed by atoms with van der Waals surface area (Å²) in [5.74, 6) is 0.966. The number of halogens is 1. The minimum absolute atomic E-state index is 0.000630. The van der Waals surface area contributed by atoms with Crippen LogP contribution in [0.25, 0.3) is 22.2 Å². The maximum Gasteiger partial charge on any atom is 0.224 e. The number of imidazole rings is 1. The van der Waals surface area contributed by atoms with Crippen LogP contribution in [0.3, 0.4) is 0 Å². The summed E-state index contributed by atoms with van der Waals surface area (Å²) in [6, 6.07) is 24.4. The second-order valence-electron chi connectivity index (χ2n) is 8.36. The Balaban J connectivity index is 1.33. The van der Waals surface area contributed by atoms with Gasteiger partial charge in [-0.3, -0.25) is 4.79 Å². The van der Waals surface area contributed by atoms with Gasteiger partial charge in [0.25, 0.3) is 0 Å².